The Labute approximate surface area is 186 Å². The predicted molar refractivity (Wildman–Crippen MR) is 119 cm³/mol. The van der Waals surface area contributed by atoms with Gasteiger partial charge in [-0.2, -0.15) is 0 Å². The van der Waals surface area contributed by atoms with Crippen molar-refractivity contribution in [3.63, 3.8) is 0 Å². The maximum Gasteiger partial charge on any atom is 0.269 e. The Bertz CT molecular complexity index is 1160. The number of rotatable bonds is 3. The summed E-state index contributed by atoms with van der Waals surface area (Å²) < 4.78 is 4.35. The Morgan fingerprint density at radius 2 is 1.72 bits per heavy atom. The van der Waals surface area contributed by atoms with Gasteiger partial charge in [0.1, 0.15) is 11.1 Å². The molecule has 1 aliphatic rings. The zero-order valence-electron chi connectivity index (χ0n) is 16.0. The molecule has 5 nitrogen and oxygen atoms in total. The van der Waals surface area contributed by atoms with E-state index in [4.69, 9.17) is 23.2 Å². The number of carbonyl (C=O) groups is 1. The third kappa shape index (κ3) is 3.23. The fourth-order valence-electron chi connectivity index (χ4n) is 3.86. The van der Waals surface area contributed by atoms with Crippen molar-refractivity contribution in [1.82, 2.24) is 9.13 Å². The van der Waals surface area contributed by atoms with Crippen LogP contribution in [0.25, 0.3) is 0 Å². The number of anilines is 1. The second-order valence-electron chi connectivity index (χ2n) is 7.32. The highest BCUT2D eigenvalue weighted by molar-refractivity contribution is 9.10. The molecular formula is C21H18BrCl2N3O2. The minimum Gasteiger partial charge on any atom is -0.334 e. The molecule has 2 aromatic heterocycles. The molecule has 0 aliphatic carbocycles. The summed E-state index contributed by atoms with van der Waals surface area (Å²) in [6, 6.07) is 10.6. The lowest BCUT2D eigenvalue weighted by molar-refractivity contribution is 0.0993. The number of benzene rings is 1. The second-order valence-corrected chi connectivity index (χ2v) is 8.98. The highest BCUT2D eigenvalue weighted by atomic mass is 79.9. The van der Waals surface area contributed by atoms with Gasteiger partial charge in [-0.1, -0.05) is 35.3 Å². The second kappa shape index (κ2) is 7.35. The van der Waals surface area contributed by atoms with Gasteiger partial charge in [-0.15, -0.1) is 0 Å². The molecule has 4 rings (SSSR count). The smallest absolute Gasteiger partial charge is 0.269 e. The molecule has 0 radical (unpaired) electrons. The first-order valence-electron chi connectivity index (χ1n) is 9.06. The van der Waals surface area contributed by atoms with Crippen LogP contribution in [0, 0.1) is 0 Å². The van der Waals surface area contributed by atoms with E-state index in [1.54, 1.807) is 24.2 Å². The van der Waals surface area contributed by atoms with Crippen molar-refractivity contribution in [1.29, 1.82) is 0 Å². The van der Waals surface area contributed by atoms with Gasteiger partial charge in [-0.3, -0.25) is 14.5 Å². The Balaban J connectivity index is 1.99. The van der Waals surface area contributed by atoms with E-state index in [0.717, 1.165) is 15.9 Å². The van der Waals surface area contributed by atoms with Gasteiger partial charge in [-0.05, 0) is 59.6 Å². The first kappa shape index (κ1) is 20.3. The minimum absolute atomic E-state index is 0.0668. The van der Waals surface area contributed by atoms with Gasteiger partial charge in [0, 0.05) is 24.3 Å². The number of carbonyl (C=O) groups excluding carboxylic acids is 1. The molecule has 3 heterocycles. The van der Waals surface area contributed by atoms with Crippen LogP contribution in [0.2, 0.25) is 10.0 Å². The van der Waals surface area contributed by atoms with Crippen LogP contribution in [0.3, 0.4) is 0 Å². The van der Waals surface area contributed by atoms with E-state index in [1.807, 2.05) is 30.3 Å². The molecule has 3 aromatic rings. The maximum atomic E-state index is 13.5. The summed E-state index contributed by atoms with van der Waals surface area (Å²) in [6.45, 7) is 4.14. The molecule has 29 heavy (non-hydrogen) atoms. The van der Waals surface area contributed by atoms with Crippen molar-refractivity contribution in [2.75, 3.05) is 4.90 Å². The number of hydrogen-bond donors (Lipinski definition) is 0. The number of halogens is 3. The van der Waals surface area contributed by atoms with Crippen molar-refractivity contribution in [3.8, 4) is 0 Å². The lowest BCUT2D eigenvalue weighted by Crippen LogP contribution is -2.31. The van der Waals surface area contributed by atoms with Gasteiger partial charge in [0.25, 0.3) is 11.5 Å². The van der Waals surface area contributed by atoms with Crippen LogP contribution in [0.15, 0.2) is 52.0 Å². The fourth-order valence-corrected chi connectivity index (χ4v) is 5.06. The van der Waals surface area contributed by atoms with Crippen molar-refractivity contribution < 1.29 is 4.79 Å². The predicted octanol–water partition coefficient (Wildman–Crippen LogP) is 5.59. The number of pyridine rings is 1. The van der Waals surface area contributed by atoms with Crippen LogP contribution in [-0.2, 0) is 7.05 Å². The molecule has 1 aliphatic heterocycles. The number of aryl methyl sites for hydroxylation is 1. The molecule has 1 aromatic carbocycles. The van der Waals surface area contributed by atoms with Crippen LogP contribution in [0.5, 0.6) is 0 Å². The fraction of sp³-hybridized carbons (Fsp3) is 0.238. The summed E-state index contributed by atoms with van der Waals surface area (Å²) in [6.07, 6.45) is 1.63. The van der Waals surface area contributed by atoms with Crippen molar-refractivity contribution >= 4 is 50.7 Å². The Morgan fingerprint density at radius 3 is 2.31 bits per heavy atom. The highest BCUT2D eigenvalue weighted by Crippen LogP contribution is 2.45. The zero-order chi connectivity index (χ0) is 21.0. The molecular weight excluding hydrogens is 477 g/mol. The van der Waals surface area contributed by atoms with Gasteiger partial charge in [0.2, 0.25) is 0 Å². The first-order chi connectivity index (χ1) is 13.7. The van der Waals surface area contributed by atoms with Crippen LogP contribution < -0.4 is 10.5 Å². The number of amides is 1. The average Bonchev–Trinajstić information content (AvgIpc) is 3.13. The summed E-state index contributed by atoms with van der Waals surface area (Å²) in [7, 11) is 1.62. The van der Waals surface area contributed by atoms with Crippen LogP contribution in [0.1, 0.15) is 47.5 Å². The summed E-state index contributed by atoms with van der Waals surface area (Å²) in [5.74, 6) is -0.144. The van der Waals surface area contributed by atoms with Gasteiger partial charge in [0.15, 0.2) is 0 Å². The van der Waals surface area contributed by atoms with E-state index in [1.165, 1.54) is 4.57 Å². The van der Waals surface area contributed by atoms with E-state index in [9.17, 15) is 9.59 Å². The van der Waals surface area contributed by atoms with E-state index >= 15 is 0 Å². The SMILES string of the molecule is CC(C)n1c(Br)cc2c1C(c1ccc(Cl)cc1)N(c1cc(Cl)c(=O)n(C)c1)C2=O. The number of nitrogens with zero attached hydrogens (tertiary/aromatic N) is 3. The van der Waals surface area contributed by atoms with Crippen LogP contribution in [0.4, 0.5) is 5.69 Å². The third-order valence-corrected chi connectivity index (χ3v) is 6.23. The Morgan fingerprint density at radius 1 is 1.07 bits per heavy atom. The molecule has 150 valence electrons. The van der Waals surface area contributed by atoms with Crippen molar-refractivity contribution in [2.45, 2.75) is 25.9 Å². The van der Waals surface area contributed by atoms with Gasteiger partial charge in [-0.25, -0.2) is 0 Å². The monoisotopic (exact) mass is 493 g/mol. The number of aromatic nitrogens is 2. The van der Waals surface area contributed by atoms with E-state index in [0.29, 0.717) is 16.3 Å². The quantitative estimate of drug-likeness (QED) is 0.476. The molecule has 0 N–H and O–H groups in total. The molecule has 1 atom stereocenters. The van der Waals surface area contributed by atoms with Gasteiger partial charge in [0.05, 0.1) is 21.5 Å². The molecule has 0 spiro atoms. The Kier molecular flexibility index (Phi) is 5.13. The standard InChI is InChI=1S/C21H18BrCl2N3O2/c1-11(2)26-17(22)9-15-19(26)18(12-4-6-13(23)7-5-12)27(20(15)28)14-8-16(24)21(29)25(3)10-14/h4-11,18H,1-3H3. The van der Waals surface area contributed by atoms with Crippen molar-refractivity contribution in [2.24, 2.45) is 7.05 Å². The van der Waals surface area contributed by atoms with E-state index in [-0.39, 0.29) is 28.6 Å². The largest absolute Gasteiger partial charge is 0.334 e. The van der Waals surface area contributed by atoms with E-state index < -0.39 is 0 Å². The first-order valence-corrected chi connectivity index (χ1v) is 10.6. The summed E-state index contributed by atoms with van der Waals surface area (Å²) in [5.41, 5.74) is 2.68. The normalized spacial score (nSPS) is 16.0. The molecule has 0 bridgehead atoms. The van der Waals surface area contributed by atoms with Gasteiger partial charge < -0.3 is 9.13 Å². The zero-order valence-corrected chi connectivity index (χ0v) is 19.1. The van der Waals surface area contributed by atoms with Crippen LogP contribution in [-0.4, -0.2) is 15.0 Å². The summed E-state index contributed by atoms with van der Waals surface area (Å²) in [4.78, 5) is 27.2. The van der Waals surface area contributed by atoms with E-state index in [2.05, 4.69) is 34.3 Å². The lowest BCUT2D eigenvalue weighted by Gasteiger charge is -2.28. The molecule has 0 saturated heterocycles. The third-order valence-electron chi connectivity index (χ3n) is 5.10. The van der Waals surface area contributed by atoms with Crippen LogP contribution >= 0.6 is 39.1 Å². The van der Waals surface area contributed by atoms with Gasteiger partial charge >= 0.3 is 0 Å². The topological polar surface area (TPSA) is 47.2 Å². The lowest BCUT2D eigenvalue weighted by atomic mass is 10.0. The highest BCUT2D eigenvalue weighted by Gasteiger charge is 2.43. The Hall–Kier alpha value is -2.02. The minimum atomic E-state index is -0.378. The van der Waals surface area contributed by atoms with Crippen molar-refractivity contribution in [3.05, 3.63) is 84.4 Å². The number of hydrogen-bond acceptors (Lipinski definition) is 2. The molecule has 0 fully saturated rings. The number of fused-ring (bicyclic) bond motifs is 1. The summed E-state index contributed by atoms with van der Waals surface area (Å²) >= 11 is 15.8. The maximum absolute atomic E-state index is 13.5. The molecule has 8 heteroatoms. The summed E-state index contributed by atoms with van der Waals surface area (Å²) in [5, 5.41) is 0.688. The molecule has 0 saturated carbocycles. The molecule has 1 unspecified atom stereocenters. The average molecular weight is 495 g/mol. The molecule has 1 amide bonds.